The van der Waals surface area contributed by atoms with E-state index >= 15 is 0 Å². The third kappa shape index (κ3) is 2.56. The second-order valence-corrected chi connectivity index (χ2v) is 6.99. The summed E-state index contributed by atoms with van der Waals surface area (Å²) in [6.45, 7) is 3.32. The first-order valence-corrected chi connectivity index (χ1v) is 8.05. The fraction of sp³-hybridized carbons (Fsp3) is 0.667. The zero-order chi connectivity index (χ0) is 13.4. The van der Waals surface area contributed by atoms with Crippen molar-refractivity contribution >= 4 is 17.2 Å². The minimum absolute atomic E-state index is 0.116. The van der Waals surface area contributed by atoms with Gasteiger partial charge in [-0.25, -0.2) is 0 Å². The molecule has 19 heavy (non-hydrogen) atoms. The zero-order valence-corrected chi connectivity index (χ0v) is 12.2. The third-order valence-electron chi connectivity index (χ3n) is 4.41. The van der Waals surface area contributed by atoms with Gasteiger partial charge in [0.2, 0.25) is 0 Å². The standard InChI is InChI=1S/C15H21NO2S/c1-10-6-7-16(9-12(10)17)15(18)14-8-11-4-2-3-5-13(11)19-14/h8,10,12,17H,2-7,9H2,1H3. The highest BCUT2D eigenvalue weighted by Crippen LogP contribution is 2.31. The van der Waals surface area contributed by atoms with Crippen LogP contribution in [0.4, 0.5) is 0 Å². The van der Waals surface area contributed by atoms with Gasteiger partial charge in [-0.05, 0) is 49.7 Å². The molecule has 1 saturated heterocycles. The van der Waals surface area contributed by atoms with E-state index in [4.69, 9.17) is 0 Å². The van der Waals surface area contributed by atoms with Crippen LogP contribution in [-0.2, 0) is 12.8 Å². The number of aliphatic hydroxyl groups excluding tert-OH is 1. The summed E-state index contributed by atoms with van der Waals surface area (Å²) in [5, 5.41) is 9.92. The van der Waals surface area contributed by atoms with Gasteiger partial charge in [0.25, 0.3) is 5.91 Å². The summed E-state index contributed by atoms with van der Waals surface area (Å²) in [4.78, 5) is 16.6. The molecule has 0 saturated carbocycles. The van der Waals surface area contributed by atoms with Crippen LogP contribution in [0, 0.1) is 5.92 Å². The normalized spacial score (nSPS) is 27.2. The van der Waals surface area contributed by atoms with Gasteiger partial charge in [-0.3, -0.25) is 4.79 Å². The van der Waals surface area contributed by atoms with Crippen molar-refractivity contribution in [2.75, 3.05) is 13.1 Å². The lowest BCUT2D eigenvalue weighted by Crippen LogP contribution is -2.45. The van der Waals surface area contributed by atoms with Crippen molar-refractivity contribution in [3.63, 3.8) is 0 Å². The summed E-state index contributed by atoms with van der Waals surface area (Å²) in [5.74, 6) is 0.422. The Morgan fingerprint density at radius 2 is 2.21 bits per heavy atom. The molecule has 1 aliphatic heterocycles. The number of piperidine rings is 1. The molecular weight excluding hydrogens is 258 g/mol. The van der Waals surface area contributed by atoms with Crippen LogP contribution in [0.5, 0.6) is 0 Å². The Balaban J connectivity index is 1.75. The summed E-state index contributed by atoms with van der Waals surface area (Å²) in [6.07, 6.45) is 5.29. The first-order valence-electron chi connectivity index (χ1n) is 7.24. The predicted molar refractivity (Wildman–Crippen MR) is 76.7 cm³/mol. The van der Waals surface area contributed by atoms with Crippen molar-refractivity contribution < 1.29 is 9.90 Å². The number of β-amino-alcohol motifs (C(OH)–C–C–N with tert-alkyl or cyclic N) is 1. The molecule has 1 amide bonds. The zero-order valence-electron chi connectivity index (χ0n) is 11.4. The van der Waals surface area contributed by atoms with Gasteiger partial charge in [0, 0.05) is 18.0 Å². The molecule has 104 valence electrons. The molecule has 1 aromatic heterocycles. The monoisotopic (exact) mass is 279 g/mol. The fourth-order valence-corrected chi connectivity index (χ4v) is 4.21. The second kappa shape index (κ2) is 5.25. The van der Waals surface area contributed by atoms with Gasteiger partial charge in [0.15, 0.2) is 0 Å². The number of hydrogen-bond acceptors (Lipinski definition) is 3. The summed E-state index contributed by atoms with van der Waals surface area (Å²) in [5.41, 5.74) is 1.38. The molecule has 0 bridgehead atoms. The summed E-state index contributed by atoms with van der Waals surface area (Å²) >= 11 is 1.67. The molecule has 2 unspecified atom stereocenters. The Morgan fingerprint density at radius 3 is 2.95 bits per heavy atom. The topological polar surface area (TPSA) is 40.5 Å². The Bertz CT molecular complexity index is 459. The molecule has 2 atom stereocenters. The number of nitrogens with zero attached hydrogens (tertiary/aromatic N) is 1. The SMILES string of the molecule is CC1CCN(C(=O)c2cc3c(s2)CCCC3)CC1O. The Kier molecular flexibility index (Phi) is 3.63. The lowest BCUT2D eigenvalue weighted by Gasteiger charge is -2.34. The number of fused-ring (bicyclic) bond motifs is 1. The summed E-state index contributed by atoms with van der Waals surface area (Å²) in [6, 6.07) is 2.09. The van der Waals surface area contributed by atoms with Crippen LogP contribution in [-0.4, -0.2) is 35.1 Å². The smallest absolute Gasteiger partial charge is 0.264 e. The van der Waals surface area contributed by atoms with E-state index in [1.807, 2.05) is 4.90 Å². The summed E-state index contributed by atoms with van der Waals surface area (Å²) < 4.78 is 0. The average Bonchev–Trinajstić information content (AvgIpc) is 2.85. The first-order chi connectivity index (χ1) is 9.15. The lowest BCUT2D eigenvalue weighted by atomic mass is 9.96. The number of amides is 1. The van der Waals surface area contributed by atoms with E-state index in [-0.39, 0.29) is 12.0 Å². The van der Waals surface area contributed by atoms with Crippen molar-refractivity contribution in [2.24, 2.45) is 5.92 Å². The van der Waals surface area contributed by atoms with Gasteiger partial charge >= 0.3 is 0 Å². The molecule has 3 rings (SSSR count). The maximum absolute atomic E-state index is 12.5. The summed E-state index contributed by atoms with van der Waals surface area (Å²) in [7, 11) is 0. The molecule has 1 N–H and O–H groups in total. The molecule has 2 aliphatic rings. The Morgan fingerprint density at radius 1 is 1.42 bits per heavy atom. The quantitative estimate of drug-likeness (QED) is 0.858. The van der Waals surface area contributed by atoms with E-state index in [0.717, 1.165) is 30.7 Å². The van der Waals surface area contributed by atoms with Crippen molar-refractivity contribution in [1.82, 2.24) is 4.90 Å². The Hall–Kier alpha value is -0.870. The third-order valence-corrected chi connectivity index (χ3v) is 5.64. The van der Waals surface area contributed by atoms with Crippen molar-refractivity contribution in [2.45, 2.75) is 45.1 Å². The minimum atomic E-state index is -0.368. The van der Waals surface area contributed by atoms with E-state index in [1.165, 1.54) is 23.3 Å². The van der Waals surface area contributed by atoms with Crippen LogP contribution in [0.3, 0.4) is 0 Å². The van der Waals surface area contributed by atoms with Crippen LogP contribution in [0.1, 0.15) is 46.3 Å². The predicted octanol–water partition coefficient (Wildman–Crippen LogP) is 2.47. The first kappa shape index (κ1) is 13.1. The van der Waals surface area contributed by atoms with Gasteiger partial charge in [-0.15, -0.1) is 11.3 Å². The maximum atomic E-state index is 12.5. The van der Waals surface area contributed by atoms with E-state index < -0.39 is 0 Å². The number of rotatable bonds is 1. The van der Waals surface area contributed by atoms with Gasteiger partial charge in [0.05, 0.1) is 11.0 Å². The second-order valence-electron chi connectivity index (χ2n) is 5.85. The Labute approximate surface area is 118 Å². The average molecular weight is 279 g/mol. The number of aliphatic hydroxyl groups is 1. The van der Waals surface area contributed by atoms with Gasteiger partial charge in [-0.2, -0.15) is 0 Å². The number of likely N-dealkylation sites (tertiary alicyclic amines) is 1. The van der Waals surface area contributed by atoms with E-state index in [9.17, 15) is 9.90 Å². The van der Waals surface area contributed by atoms with E-state index in [0.29, 0.717) is 12.5 Å². The molecule has 3 nitrogen and oxygen atoms in total. The maximum Gasteiger partial charge on any atom is 0.264 e. The van der Waals surface area contributed by atoms with Gasteiger partial charge < -0.3 is 10.0 Å². The van der Waals surface area contributed by atoms with Crippen molar-refractivity contribution in [3.05, 3.63) is 21.4 Å². The van der Waals surface area contributed by atoms with Crippen LogP contribution in [0.2, 0.25) is 0 Å². The molecule has 0 spiro atoms. The van der Waals surface area contributed by atoms with Crippen LogP contribution < -0.4 is 0 Å². The highest BCUT2D eigenvalue weighted by atomic mass is 32.1. The molecule has 2 heterocycles. The highest BCUT2D eigenvalue weighted by molar-refractivity contribution is 7.14. The van der Waals surface area contributed by atoms with Crippen LogP contribution >= 0.6 is 11.3 Å². The van der Waals surface area contributed by atoms with Crippen LogP contribution in [0.15, 0.2) is 6.07 Å². The number of thiophene rings is 1. The number of hydrogen-bond donors (Lipinski definition) is 1. The molecule has 1 aromatic rings. The largest absolute Gasteiger partial charge is 0.391 e. The van der Waals surface area contributed by atoms with Crippen LogP contribution in [0.25, 0.3) is 0 Å². The number of carbonyl (C=O) groups is 1. The molecule has 4 heteroatoms. The van der Waals surface area contributed by atoms with Gasteiger partial charge in [-0.1, -0.05) is 6.92 Å². The minimum Gasteiger partial charge on any atom is -0.391 e. The van der Waals surface area contributed by atoms with E-state index in [1.54, 1.807) is 11.3 Å². The molecule has 0 aromatic carbocycles. The van der Waals surface area contributed by atoms with Gasteiger partial charge in [0.1, 0.15) is 0 Å². The highest BCUT2D eigenvalue weighted by Gasteiger charge is 2.29. The number of aryl methyl sites for hydroxylation is 2. The molecular formula is C15H21NO2S. The van der Waals surface area contributed by atoms with Crippen molar-refractivity contribution in [3.8, 4) is 0 Å². The van der Waals surface area contributed by atoms with Crippen molar-refractivity contribution in [1.29, 1.82) is 0 Å². The molecule has 1 aliphatic carbocycles. The number of carbonyl (C=O) groups excluding carboxylic acids is 1. The lowest BCUT2D eigenvalue weighted by molar-refractivity contribution is 0.0251. The van der Waals surface area contributed by atoms with E-state index in [2.05, 4.69) is 13.0 Å². The molecule has 0 radical (unpaired) electrons. The fourth-order valence-electron chi connectivity index (χ4n) is 2.99. The molecule has 1 fully saturated rings.